The van der Waals surface area contributed by atoms with Crippen molar-refractivity contribution < 1.29 is 14.3 Å². The van der Waals surface area contributed by atoms with Crippen LogP contribution in [0, 0.1) is 6.92 Å². The summed E-state index contributed by atoms with van der Waals surface area (Å²) in [5, 5.41) is 9.47. The molecule has 5 heteroatoms. The zero-order chi connectivity index (χ0) is 15.7. The number of carboxylic acids is 1. The fourth-order valence-corrected chi connectivity index (χ4v) is 2.52. The number of hydrogen-bond donors (Lipinski definition) is 1. The van der Waals surface area contributed by atoms with Crippen molar-refractivity contribution in [2.45, 2.75) is 19.9 Å². The van der Waals surface area contributed by atoms with Crippen molar-refractivity contribution in [3.05, 3.63) is 58.6 Å². The first-order valence-electron chi connectivity index (χ1n) is 6.96. The number of carboxylic acid groups (broad SMARTS) is 1. The Morgan fingerprint density at radius 2 is 2.14 bits per heavy atom. The van der Waals surface area contributed by atoms with Gasteiger partial charge in [-0.3, -0.25) is 9.59 Å². The van der Waals surface area contributed by atoms with Crippen LogP contribution in [0.1, 0.15) is 12.0 Å². The van der Waals surface area contributed by atoms with Gasteiger partial charge in [0, 0.05) is 18.1 Å². The minimum atomic E-state index is -0.876. The van der Waals surface area contributed by atoms with Gasteiger partial charge in [-0.05, 0) is 31.2 Å². The van der Waals surface area contributed by atoms with E-state index in [1.54, 1.807) is 22.9 Å². The van der Waals surface area contributed by atoms with Gasteiger partial charge in [-0.25, -0.2) is 0 Å². The van der Waals surface area contributed by atoms with Crippen LogP contribution in [0.4, 0.5) is 0 Å². The first-order valence-corrected chi connectivity index (χ1v) is 6.96. The monoisotopic (exact) mass is 297 g/mol. The van der Waals surface area contributed by atoms with E-state index in [9.17, 15) is 9.59 Å². The lowest BCUT2D eigenvalue weighted by Gasteiger charge is -2.12. The van der Waals surface area contributed by atoms with Crippen molar-refractivity contribution in [3.63, 3.8) is 0 Å². The topological polar surface area (TPSA) is 72.4 Å². The summed E-state index contributed by atoms with van der Waals surface area (Å²) < 4.78 is 7.12. The second kappa shape index (κ2) is 5.52. The number of nitrogens with zero attached hydrogens (tertiary/aromatic N) is 1. The van der Waals surface area contributed by atoms with Gasteiger partial charge >= 0.3 is 5.97 Å². The Morgan fingerprint density at radius 1 is 1.32 bits per heavy atom. The zero-order valence-electron chi connectivity index (χ0n) is 12.1. The van der Waals surface area contributed by atoms with Crippen LogP contribution in [-0.2, 0) is 11.3 Å². The Balaban J connectivity index is 2.26. The summed E-state index contributed by atoms with van der Waals surface area (Å²) in [6, 6.07) is 9.02. The Morgan fingerprint density at radius 3 is 2.82 bits per heavy atom. The zero-order valence-corrected chi connectivity index (χ0v) is 12.1. The highest BCUT2D eigenvalue weighted by Gasteiger charge is 2.13. The molecule has 0 aliphatic rings. The highest BCUT2D eigenvalue weighted by atomic mass is 16.4. The Bertz CT molecular complexity index is 891. The molecule has 2 heterocycles. The molecule has 1 N–H and O–H groups in total. The highest BCUT2D eigenvalue weighted by molar-refractivity contribution is 5.84. The van der Waals surface area contributed by atoms with Gasteiger partial charge in [0.15, 0.2) is 5.43 Å². The summed E-state index contributed by atoms with van der Waals surface area (Å²) in [7, 11) is 0. The van der Waals surface area contributed by atoms with Crippen molar-refractivity contribution in [2.75, 3.05) is 0 Å². The summed E-state index contributed by atoms with van der Waals surface area (Å²) in [6.07, 6.45) is 3.17. The summed E-state index contributed by atoms with van der Waals surface area (Å²) in [4.78, 5) is 23.5. The van der Waals surface area contributed by atoms with Crippen molar-refractivity contribution in [3.8, 4) is 11.3 Å². The van der Waals surface area contributed by atoms with Crippen molar-refractivity contribution >= 4 is 16.9 Å². The van der Waals surface area contributed by atoms with E-state index in [2.05, 4.69) is 0 Å². The number of aryl methyl sites for hydroxylation is 2. The average molecular weight is 297 g/mol. The number of benzene rings is 1. The maximum absolute atomic E-state index is 12.7. The summed E-state index contributed by atoms with van der Waals surface area (Å²) >= 11 is 0. The van der Waals surface area contributed by atoms with Crippen LogP contribution in [-0.4, -0.2) is 15.6 Å². The third kappa shape index (κ3) is 2.53. The fourth-order valence-electron chi connectivity index (χ4n) is 2.52. The number of furan rings is 1. The molecule has 112 valence electrons. The van der Waals surface area contributed by atoms with E-state index in [1.807, 2.05) is 25.1 Å². The predicted octanol–water partition coefficient (Wildman–Crippen LogP) is 3.04. The van der Waals surface area contributed by atoms with Gasteiger partial charge in [-0.1, -0.05) is 11.6 Å². The number of aliphatic carboxylic acids is 1. The first kappa shape index (κ1) is 14.1. The maximum Gasteiger partial charge on any atom is 0.305 e. The Hall–Kier alpha value is -2.82. The van der Waals surface area contributed by atoms with Crippen LogP contribution in [0.5, 0.6) is 0 Å². The van der Waals surface area contributed by atoms with Crippen LogP contribution in [0.25, 0.3) is 22.2 Å². The lowest BCUT2D eigenvalue weighted by Crippen LogP contribution is -2.13. The van der Waals surface area contributed by atoms with Crippen molar-refractivity contribution in [2.24, 2.45) is 0 Å². The smallest absolute Gasteiger partial charge is 0.305 e. The molecule has 0 fully saturated rings. The van der Waals surface area contributed by atoms with E-state index in [4.69, 9.17) is 9.52 Å². The average Bonchev–Trinajstić information content (AvgIpc) is 3.01. The number of pyridine rings is 1. The summed E-state index contributed by atoms with van der Waals surface area (Å²) in [6.45, 7) is 2.21. The van der Waals surface area contributed by atoms with Crippen molar-refractivity contribution in [1.29, 1.82) is 0 Å². The molecule has 0 aliphatic carbocycles. The van der Waals surface area contributed by atoms with Gasteiger partial charge in [-0.2, -0.15) is 0 Å². The van der Waals surface area contributed by atoms with Crippen molar-refractivity contribution in [1.82, 2.24) is 4.57 Å². The van der Waals surface area contributed by atoms with Crippen LogP contribution in [0.2, 0.25) is 0 Å². The molecule has 0 radical (unpaired) electrons. The third-order valence-corrected chi connectivity index (χ3v) is 3.59. The standard InChI is InChI=1S/C17H15NO4/c1-11-4-5-14-12(9-11)17(21)13(15-3-2-8-22-15)10-18(14)7-6-16(19)20/h2-5,8-10H,6-7H2,1H3,(H,19,20). The van der Waals surface area contributed by atoms with Gasteiger partial charge in [0.2, 0.25) is 0 Å². The van der Waals surface area contributed by atoms with Crippen LogP contribution >= 0.6 is 0 Å². The Kier molecular flexibility index (Phi) is 3.55. The minimum absolute atomic E-state index is 0.0105. The van der Waals surface area contributed by atoms with Crippen LogP contribution < -0.4 is 5.43 Å². The maximum atomic E-state index is 12.7. The number of fused-ring (bicyclic) bond motifs is 1. The molecule has 0 atom stereocenters. The number of hydrogen-bond acceptors (Lipinski definition) is 3. The third-order valence-electron chi connectivity index (χ3n) is 3.59. The predicted molar refractivity (Wildman–Crippen MR) is 82.9 cm³/mol. The molecular weight excluding hydrogens is 282 g/mol. The molecule has 1 aromatic carbocycles. The lowest BCUT2D eigenvalue weighted by molar-refractivity contribution is -0.137. The van der Waals surface area contributed by atoms with E-state index < -0.39 is 5.97 Å². The number of rotatable bonds is 4. The molecule has 22 heavy (non-hydrogen) atoms. The minimum Gasteiger partial charge on any atom is -0.481 e. The first-order chi connectivity index (χ1) is 10.6. The van der Waals surface area contributed by atoms with Gasteiger partial charge in [0.25, 0.3) is 0 Å². The van der Waals surface area contributed by atoms with E-state index in [1.165, 1.54) is 6.26 Å². The molecular formula is C17H15NO4. The molecule has 0 saturated heterocycles. The van der Waals surface area contributed by atoms with E-state index in [0.717, 1.165) is 11.1 Å². The second-order valence-electron chi connectivity index (χ2n) is 5.21. The summed E-state index contributed by atoms with van der Waals surface area (Å²) in [5.41, 5.74) is 2.03. The molecule has 3 aromatic rings. The molecule has 3 rings (SSSR count). The number of carbonyl (C=O) groups is 1. The van der Waals surface area contributed by atoms with E-state index in [-0.39, 0.29) is 11.8 Å². The quantitative estimate of drug-likeness (QED) is 0.803. The molecule has 0 aliphatic heterocycles. The van der Waals surface area contributed by atoms with Gasteiger partial charge < -0.3 is 14.1 Å². The molecule has 0 spiro atoms. The second-order valence-corrected chi connectivity index (χ2v) is 5.21. The van der Waals surface area contributed by atoms with E-state index in [0.29, 0.717) is 23.3 Å². The van der Waals surface area contributed by atoms with Gasteiger partial charge in [0.05, 0.1) is 23.8 Å². The molecule has 2 aromatic heterocycles. The molecule has 5 nitrogen and oxygen atoms in total. The largest absolute Gasteiger partial charge is 0.481 e. The fraction of sp³-hybridized carbons (Fsp3) is 0.176. The molecule has 0 bridgehead atoms. The summed E-state index contributed by atoms with van der Waals surface area (Å²) in [5.74, 6) is -0.393. The molecule has 0 unspecified atom stereocenters. The normalized spacial score (nSPS) is 11.0. The Labute approximate surface area is 126 Å². The van der Waals surface area contributed by atoms with E-state index >= 15 is 0 Å². The van der Waals surface area contributed by atoms with Gasteiger partial charge in [-0.15, -0.1) is 0 Å². The highest BCUT2D eigenvalue weighted by Crippen LogP contribution is 2.21. The number of aromatic nitrogens is 1. The molecule has 0 amide bonds. The SMILES string of the molecule is Cc1ccc2c(c1)c(=O)c(-c1ccco1)cn2CCC(=O)O. The molecule has 0 saturated carbocycles. The lowest BCUT2D eigenvalue weighted by atomic mass is 10.1. The van der Waals surface area contributed by atoms with Crippen LogP contribution in [0.3, 0.4) is 0 Å². The van der Waals surface area contributed by atoms with Crippen LogP contribution in [0.15, 0.2) is 52.0 Å². The van der Waals surface area contributed by atoms with Gasteiger partial charge in [0.1, 0.15) is 5.76 Å².